The molecular weight excluding hydrogens is 308 g/mol. The van der Waals surface area contributed by atoms with E-state index < -0.39 is 6.09 Å². The van der Waals surface area contributed by atoms with Crippen LogP contribution in [0.2, 0.25) is 0 Å². The molecular formula is C17H26N4O3. The number of aromatic nitrogens is 1. The molecule has 1 saturated heterocycles. The molecule has 1 aromatic rings. The Labute approximate surface area is 142 Å². The summed E-state index contributed by atoms with van der Waals surface area (Å²) in [4.78, 5) is 17.8. The summed E-state index contributed by atoms with van der Waals surface area (Å²) in [5, 5.41) is 11.9. The predicted octanol–water partition coefficient (Wildman–Crippen LogP) is 2.25. The first-order chi connectivity index (χ1) is 11.3. The highest BCUT2D eigenvalue weighted by atomic mass is 16.5. The van der Waals surface area contributed by atoms with Crippen LogP contribution in [0.1, 0.15) is 39.2 Å². The molecule has 0 bridgehead atoms. The topological polar surface area (TPSA) is 101 Å². The van der Waals surface area contributed by atoms with E-state index in [1.54, 1.807) is 6.20 Å². The Hall–Kier alpha value is -2.18. The first-order valence-electron chi connectivity index (χ1n) is 8.45. The van der Waals surface area contributed by atoms with Crippen LogP contribution in [0.3, 0.4) is 0 Å². The van der Waals surface area contributed by atoms with E-state index in [1.165, 1.54) is 0 Å². The van der Waals surface area contributed by atoms with Crippen LogP contribution < -0.4 is 20.7 Å². The second kappa shape index (κ2) is 6.03. The highest BCUT2D eigenvalue weighted by molar-refractivity contribution is 5.75. The van der Waals surface area contributed by atoms with E-state index in [4.69, 9.17) is 10.5 Å². The van der Waals surface area contributed by atoms with Crippen LogP contribution in [0.15, 0.2) is 6.20 Å². The van der Waals surface area contributed by atoms with Crippen molar-refractivity contribution in [2.24, 2.45) is 5.41 Å². The fraction of sp³-hybridized carbons (Fsp3) is 0.647. The molecule has 4 N–H and O–H groups in total. The molecule has 1 amide bonds. The van der Waals surface area contributed by atoms with Crippen LogP contribution in [0.5, 0.6) is 5.88 Å². The average molecular weight is 334 g/mol. The Balaban J connectivity index is 2.05. The third-order valence-electron chi connectivity index (χ3n) is 4.84. The zero-order valence-corrected chi connectivity index (χ0v) is 14.5. The molecule has 0 aliphatic carbocycles. The molecule has 2 aliphatic rings. The number of fused-ring (bicyclic) bond motifs is 1. The number of anilines is 2. The van der Waals surface area contributed by atoms with Gasteiger partial charge in [-0.15, -0.1) is 0 Å². The summed E-state index contributed by atoms with van der Waals surface area (Å²) in [6.07, 6.45) is 3.19. The van der Waals surface area contributed by atoms with E-state index >= 15 is 0 Å². The van der Waals surface area contributed by atoms with Crippen LogP contribution in [0, 0.1) is 5.41 Å². The number of piperidine rings is 1. The van der Waals surface area contributed by atoms with Gasteiger partial charge >= 0.3 is 6.09 Å². The van der Waals surface area contributed by atoms with Gasteiger partial charge in [0.25, 0.3) is 0 Å². The van der Waals surface area contributed by atoms with E-state index in [1.807, 2.05) is 0 Å². The average Bonchev–Trinajstić information content (AvgIpc) is 2.93. The third-order valence-corrected chi connectivity index (χ3v) is 4.84. The van der Waals surface area contributed by atoms with Gasteiger partial charge in [-0.05, 0) is 18.3 Å². The molecule has 0 radical (unpaired) electrons. The number of hydrogen-bond donors (Lipinski definition) is 3. The molecule has 1 unspecified atom stereocenters. The molecule has 1 aromatic heterocycles. The second-order valence-corrected chi connectivity index (χ2v) is 7.65. The molecule has 3 rings (SSSR count). The van der Waals surface area contributed by atoms with Crippen LogP contribution in [0.4, 0.5) is 16.2 Å². The van der Waals surface area contributed by atoms with Gasteiger partial charge in [0.1, 0.15) is 0 Å². The van der Waals surface area contributed by atoms with Crippen molar-refractivity contribution in [1.29, 1.82) is 0 Å². The van der Waals surface area contributed by atoms with Gasteiger partial charge in [0.05, 0.1) is 36.3 Å². The minimum absolute atomic E-state index is 0.0109. The standard InChI is InChI=1S/C17H26N4O3/c1-17(2,3)14-12(20-16(22)23)5-4-7-21(14)13-10-6-8-24-15(10)19-9-11(13)18/h9,12,14,20H,4-8,18H2,1-3H3,(H,22,23)/t12-,14?/m0/s1. The maximum Gasteiger partial charge on any atom is 0.404 e. The summed E-state index contributed by atoms with van der Waals surface area (Å²) < 4.78 is 5.59. The van der Waals surface area contributed by atoms with E-state index in [9.17, 15) is 9.90 Å². The monoisotopic (exact) mass is 334 g/mol. The zero-order valence-electron chi connectivity index (χ0n) is 14.5. The molecule has 2 aliphatic heterocycles. The van der Waals surface area contributed by atoms with Crippen molar-refractivity contribution in [2.75, 3.05) is 23.8 Å². The normalized spacial score (nSPS) is 23.5. The Morgan fingerprint density at radius 1 is 1.50 bits per heavy atom. The molecule has 132 valence electrons. The van der Waals surface area contributed by atoms with Crippen molar-refractivity contribution in [3.8, 4) is 5.88 Å². The largest absolute Gasteiger partial charge is 0.477 e. The van der Waals surface area contributed by atoms with Crippen molar-refractivity contribution in [3.05, 3.63) is 11.8 Å². The van der Waals surface area contributed by atoms with Gasteiger partial charge in [-0.3, -0.25) is 0 Å². The van der Waals surface area contributed by atoms with Gasteiger partial charge in [0.15, 0.2) is 0 Å². The number of nitrogens with two attached hydrogens (primary N) is 1. The molecule has 3 heterocycles. The number of ether oxygens (including phenoxy) is 1. The molecule has 24 heavy (non-hydrogen) atoms. The summed E-state index contributed by atoms with van der Waals surface area (Å²) in [5.41, 5.74) is 8.80. The van der Waals surface area contributed by atoms with E-state index in [0.29, 0.717) is 18.2 Å². The fourth-order valence-electron chi connectivity index (χ4n) is 4.11. The minimum atomic E-state index is -0.979. The van der Waals surface area contributed by atoms with E-state index in [2.05, 4.69) is 36.0 Å². The second-order valence-electron chi connectivity index (χ2n) is 7.65. The maximum atomic E-state index is 11.3. The van der Waals surface area contributed by atoms with Crippen molar-refractivity contribution in [2.45, 2.75) is 52.1 Å². The number of hydrogen-bond acceptors (Lipinski definition) is 5. The first-order valence-corrected chi connectivity index (χ1v) is 8.45. The van der Waals surface area contributed by atoms with Crippen molar-refractivity contribution in [3.63, 3.8) is 0 Å². The number of nitrogen functional groups attached to an aromatic ring is 1. The summed E-state index contributed by atoms with van der Waals surface area (Å²) in [6.45, 7) is 7.88. The number of rotatable bonds is 2. The van der Waals surface area contributed by atoms with Crippen LogP contribution in [-0.4, -0.2) is 41.4 Å². The predicted molar refractivity (Wildman–Crippen MR) is 92.6 cm³/mol. The highest BCUT2D eigenvalue weighted by Gasteiger charge is 2.42. The molecule has 1 fully saturated rings. The molecule has 0 saturated carbocycles. The van der Waals surface area contributed by atoms with Gasteiger partial charge in [0.2, 0.25) is 5.88 Å². The molecule has 2 atom stereocenters. The van der Waals surface area contributed by atoms with Crippen LogP contribution in [-0.2, 0) is 6.42 Å². The van der Waals surface area contributed by atoms with Crippen molar-refractivity contribution >= 4 is 17.5 Å². The molecule has 0 aromatic carbocycles. The molecule has 7 nitrogen and oxygen atoms in total. The summed E-state index contributed by atoms with van der Waals surface area (Å²) >= 11 is 0. The summed E-state index contributed by atoms with van der Waals surface area (Å²) in [6, 6.07) is -0.126. The van der Waals surface area contributed by atoms with Gasteiger partial charge in [-0.25, -0.2) is 9.78 Å². The van der Waals surface area contributed by atoms with Gasteiger partial charge in [0, 0.05) is 18.5 Å². The van der Waals surface area contributed by atoms with E-state index in [0.717, 1.165) is 37.1 Å². The number of nitrogens with zero attached hydrogens (tertiary/aromatic N) is 2. The Morgan fingerprint density at radius 3 is 2.92 bits per heavy atom. The quantitative estimate of drug-likeness (QED) is 0.767. The number of amides is 1. The molecule has 0 spiro atoms. The van der Waals surface area contributed by atoms with Gasteiger partial charge < -0.3 is 25.8 Å². The highest BCUT2D eigenvalue weighted by Crippen LogP contribution is 2.42. The summed E-state index contributed by atoms with van der Waals surface area (Å²) in [7, 11) is 0. The third kappa shape index (κ3) is 2.95. The fourth-order valence-corrected chi connectivity index (χ4v) is 4.11. The lowest BCUT2D eigenvalue weighted by molar-refractivity contribution is 0.167. The lowest BCUT2D eigenvalue weighted by atomic mass is 9.77. The smallest absolute Gasteiger partial charge is 0.404 e. The molecule has 7 heteroatoms. The first kappa shape index (κ1) is 16.7. The Bertz CT molecular complexity index is 641. The van der Waals surface area contributed by atoms with Crippen molar-refractivity contribution < 1.29 is 14.6 Å². The maximum absolute atomic E-state index is 11.3. The number of nitrogens with one attached hydrogen (secondary N) is 1. The summed E-state index contributed by atoms with van der Waals surface area (Å²) in [5.74, 6) is 0.653. The van der Waals surface area contributed by atoms with Crippen LogP contribution >= 0.6 is 0 Å². The van der Waals surface area contributed by atoms with Gasteiger partial charge in [-0.2, -0.15) is 0 Å². The Kier molecular flexibility index (Phi) is 4.19. The number of pyridine rings is 1. The van der Waals surface area contributed by atoms with Crippen LogP contribution in [0.25, 0.3) is 0 Å². The lowest BCUT2D eigenvalue weighted by Gasteiger charge is -2.49. The number of carbonyl (C=O) groups is 1. The zero-order chi connectivity index (χ0) is 17.5. The van der Waals surface area contributed by atoms with Gasteiger partial charge in [-0.1, -0.05) is 20.8 Å². The van der Waals surface area contributed by atoms with Crippen molar-refractivity contribution in [1.82, 2.24) is 10.3 Å². The minimum Gasteiger partial charge on any atom is -0.477 e. The Morgan fingerprint density at radius 2 is 2.25 bits per heavy atom. The van der Waals surface area contributed by atoms with E-state index in [-0.39, 0.29) is 17.5 Å². The lowest BCUT2D eigenvalue weighted by Crippen LogP contribution is -2.60. The SMILES string of the molecule is CC(C)(C)C1[C@@H](NC(=O)O)CCCN1c1c(N)cnc2c1CCO2. The number of carboxylic acid groups (broad SMARTS) is 1.